The number of ether oxygens (including phenoxy) is 1. The van der Waals surface area contributed by atoms with Crippen molar-refractivity contribution in [1.82, 2.24) is 9.78 Å². The monoisotopic (exact) mass is 232 g/mol. The molecule has 0 unspecified atom stereocenters. The zero-order chi connectivity index (χ0) is 12.3. The first-order chi connectivity index (χ1) is 8.22. The third-order valence-corrected chi connectivity index (χ3v) is 2.45. The highest BCUT2D eigenvalue weighted by molar-refractivity contribution is 5.85. The molecule has 88 valence electrons. The Balaban J connectivity index is 2.31. The lowest BCUT2D eigenvalue weighted by Crippen LogP contribution is -2.11. The summed E-state index contributed by atoms with van der Waals surface area (Å²) in [6.45, 7) is 0.374. The predicted molar refractivity (Wildman–Crippen MR) is 61.3 cm³/mol. The Morgan fingerprint density at radius 3 is 2.88 bits per heavy atom. The fraction of sp³-hybridized carbons (Fsp3) is 0.167. The fourth-order valence-electron chi connectivity index (χ4n) is 1.64. The van der Waals surface area contributed by atoms with Gasteiger partial charge in [0.2, 0.25) is 0 Å². The van der Waals surface area contributed by atoms with Crippen molar-refractivity contribution >= 4 is 5.97 Å². The van der Waals surface area contributed by atoms with Crippen LogP contribution >= 0.6 is 0 Å². The Hall–Kier alpha value is -2.30. The summed E-state index contributed by atoms with van der Waals surface area (Å²) >= 11 is 0. The van der Waals surface area contributed by atoms with Crippen LogP contribution in [0.2, 0.25) is 0 Å². The fourth-order valence-corrected chi connectivity index (χ4v) is 1.64. The third-order valence-electron chi connectivity index (χ3n) is 2.45. The van der Waals surface area contributed by atoms with Crippen molar-refractivity contribution < 1.29 is 14.6 Å². The normalized spacial score (nSPS) is 10.2. The van der Waals surface area contributed by atoms with E-state index in [1.165, 1.54) is 16.9 Å². The Labute approximate surface area is 98.3 Å². The molecule has 5 heteroatoms. The third kappa shape index (κ3) is 2.28. The average Bonchev–Trinajstić information content (AvgIpc) is 2.78. The lowest BCUT2D eigenvalue weighted by molar-refractivity contribution is 0.0684. The first-order valence-corrected chi connectivity index (χ1v) is 5.09. The standard InChI is InChI=1S/C12H12N2O3/c1-17-11-5-3-2-4-9(11)8-14-10(12(15)16)6-7-13-14/h2-7H,8H2,1H3,(H,15,16). The molecule has 0 aliphatic carbocycles. The van der Waals surface area contributed by atoms with Gasteiger partial charge in [-0.25, -0.2) is 4.79 Å². The van der Waals surface area contributed by atoms with Gasteiger partial charge in [0.15, 0.2) is 0 Å². The molecule has 0 aliphatic rings. The van der Waals surface area contributed by atoms with Crippen LogP contribution in [0.1, 0.15) is 16.1 Å². The molecule has 0 radical (unpaired) electrons. The second-order valence-corrected chi connectivity index (χ2v) is 3.49. The molecular formula is C12H12N2O3. The van der Waals surface area contributed by atoms with Gasteiger partial charge in [0.05, 0.1) is 13.7 Å². The molecule has 2 rings (SSSR count). The van der Waals surface area contributed by atoms with E-state index in [4.69, 9.17) is 9.84 Å². The summed E-state index contributed by atoms with van der Waals surface area (Å²) < 4.78 is 6.64. The molecule has 5 nitrogen and oxygen atoms in total. The van der Waals surface area contributed by atoms with E-state index < -0.39 is 5.97 Å². The van der Waals surface area contributed by atoms with Crippen LogP contribution in [0.15, 0.2) is 36.5 Å². The molecule has 1 aromatic carbocycles. The first kappa shape index (κ1) is 11.2. The van der Waals surface area contributed by atoms with Gasteiger partial charge in [-0.05, 0) is 12.1 Å². The van der Waals surface area contributed by atoms with Gasteiger partial charge < -0.3 is 9.84 Å². The van der Waals surface area contributed by atoms with Crippen molar-refractivity contribution in [1.29, 1.82) is 0 Å². The number of aromatic nitrogens is 2. The minimum absolute atomic E-state index is 0.163. The molecule has 0 bridgehead atoms. The van der Waals surface area contributed by atoms with Crippen LogP contribution in [0, 0.1) is 0 Å². The Morgan fingerprint density at radius 1 is 1.41 bits per heavy atom. The SMILES string of the molecule is COc1ccccc1Cn1nccc1C(=O)O. The maximum atomic E-state index is 10.9. The average molecular weight is 232 g/mol. The van der Waals surface area contributed by atoms with Gasteiger partial charge in [0, 0.05) is 11.8 Å². The molecule has 0 saturated carbocycles. The Bertz CT molecular complexity index is 534. The first-order valence-electron chi connectivity index (χ1n) is 5.09. The number of carboxylic acids is 1. The number of carbonyl (C=O) groups is 1. The van der Waals surface area contributed by atoms with Crippen molar-refractivity contribution in [2.45, 2.75) is 6.54 Å². The minimum atomic E-state index is -0.989. The largest absolute Gasteiger partial charge is 0.496 e. The smallest absolute Gasteiger partial charge is 0.354 e. The molecule has 0 atom stereocenters. The van der Waals surface area contributed by atoms with Crippen LogP contribution < -0.4 is 4.74 Å². The van der Waals surface area contributed by atoms with E-state index in [1.807, 2.05) is 24.3 Å². The number of para-hydroxylation sites is 1. The summed E-state index contributed by atoms with van der Waals surface area (Å²) in [5.41, 5.74) is 1.05. The summed E-state index contributed by atoms with van der Waals surface area (Å²) in [6, 6.07) is 8.93. The number of nitrogens with zero attached hydrogens (tertiary/aromatic N) is 2. The quantitative estimate of drug-likeness (QED) is 0.870. The highest BCUT2D eigenvalue weighted by atomic mass is 16.5. The summed E-state index contributed by atoms with van der Waals surface area (Å²) in [5, 5.41) is 13.0. The second-order valence-electron chi connectivity index (χ2n) is 3.49. The molecule has 0 aliphatic heterocycles. The molecule has 0 saturated heterocycles. The van der Waals surface area contributed by atoms with E-state index in [9.17, 15) is 4.79 Å². The summed E-state index contributed by atoms with van der Waals surface area (Å²) in [6.07, 6.45) is 1.47. The van der Waals surface area contributed by atoms with E-state index >= 15 is 0 Å². The second kappa shape index (κ2) is 4.69. The molecule has 0 spiro atoms. The van der Waals surface area contributed by atoms with Crippen LogP contribution in [0.25, 0.3) is 0 Å². The summed E-state index contributed by atoms with van der Waals surface area (Å²) in [7, 11) is 1.58. The summed E-state index contributed by atoms with van der Waals surface area (Å²) in [5.74, 6) is -0.267. The zero-order valence-electron chi connectivity index (χ0n) is 9.33. The highest BCUT2D eigenvalue weighted by Gasteiger charge is 2.11. The minimum Gasteiger partial charge on any atom is -0.496 e. The maximum Gasteiger partial charge on any atom is 0.354 e. The van der Waals surface area contributed by atoms with Gasteiger partial charge in [-0.3, -0.25) is 4.68 Å². The molecule has 2 aromatic rings. The number of aromatic carboxylic acids is 1. The van der Waals surface area contributed by atoms with Gasteiger partial charge in [0.1, 0.15) is 11.4 Å². The lowest BCUT2D eigenvalue weighted by atomic mass is 10.2. The maximum absolute atomic E-state index is 10.9. The van der Waals surface area contributed by atoms with E-state index in [-0.39, 0.29) is 5.69 Å². The molecule has 1 aromatic heterocycles. The van der Waals surface area contributed by atoms with Crippen molar-refractivity contribution in [3.05, 3.63) is 47.8 Å². The van der Waals surface area contributed by atoms with Crippen molar-refractivity contribution in [2.24, 2.45) is 0 Å². The topological polar surface area (TPSA) is 64.4 Å². The number of benzene rings is 1. The predicted octanol–water partition coefficient (Wildman–Crippen LogP) is 1.64. The molecular weight excluding hydrogens is 220 g/mol. The number of carboxylic acid groups (broad SMARTS) is 1. The van der Waals surface area contributed by atoms with E-state index in [0.29, 0.717) is 6.54 Å². The molecule has 1 N–H and O–H groups in total. The number of rotatable bonds is 4. The van der Waals surface area contributed by atoms with Crippen molar-refractivity contribution in [3.8, 4) is 5.75 Å². The van der Waals surface area contributed by atoms with Crippen LogP contribution in [-0.2, 0) is 6.54 Å². The van der Waals surface area contributed by atoms with Crippen molar-refractivity contribution in [2.75, 3.05) is 7.11 Å². The van der Waals surface area contributed by atoms with E-state index in [1.54, 1.807) is 7.11 Å². The van der Waals surface area contributed by atoms with Gasteiger partial charge in [-0.2, -0.15) is 5.10 Å². The molecule has 0 fully saturated rings. The van der Waals surface area contributed by atoms with Gasteiger partial charge in [-0.15, -0.1) is 0 Å². The van der Waals surface area contributed by atoms with Crippen LogP contribution in [0.5, 0.6) is 5.75 Å². The highest BCUT2D eigenvalue weighted by Crippen LogP contribution is 2.18. The lowest BCUT2D eigenvalue weighted by Gasteiger charge is -2.09. The summed E-state index contributed by atoms with van der Waals surface area (Å²) in [4.78, 5) is 10.9. The molecule has 17 heavy (non-hydrogen) atoms. The van der Waals surface area contributed by atoms with Gasteiger partial charge >= 0.3 is 5.97 Å². The number of methoxy groups -OCH3 is 1. The van der Waals surface area contributed by atoms with Gasteiger partial charge in [-0.1, -0.05) is 18.2 Å². The van der Waals surface area contributed by atoms with Crippen LogP contribution in [0.4, 0.5) is 0 Å². The van der Waals surface area contributed by atoms with E-state index in [0.717, 1.165) is 11.3 Å². The zero-order valence-corrected chi connectivity index (χ0v) is 9.33. The van der Waals surface area contributed by atoms with Gasteiger partial charge in [0.25, 0.3) is 0 Å². The van der Waals surface area contributed by atoms with E-state index in [2.05, 4.69) is 5.10 Å². The number of hydrogen-bond donors (Lipinski definition) is 1. The van der Waals surface area contributed by atoms with Crippen LogP contribution in [-0.4, -0.2) is 28.0 Å². The van der Waals surface area contributed by atoms with Crippen molar-refractivity contribution in [3.63, 3.8) is 0 Å². The molecule has 0 amide bonds. The van der Waals surface area contributed by atoms with Crippen LogP contribution in [0.3, 0.4) is 0 Å². The Kier molecular flexibility index (Phi) is 3.09. The molecule has 1 heterocycles. The number of hydrogen-bond acceptors (Lipinski definition) is 3. The Morgan fingerprint density at radius 2 is 2.18 bits per heavy atom.